The summed E-state index contributed by atoms with van der Waals surface area (Å²) in [5, 5.41) is 11.8. The Labute approximate surface area is 158 Å². The molecule has 0 aromatic heterocycles. The quantitative estimate of drug-likeness (QED) is 0.406. The van der Waals surface area contributed by atoms with Crippen LogP contribution in [0.4, 0.5) is 0 Å². The second kappa shape index (κ2) is 10.4. The second-order valence-electron chi connectivity index (χ2n) is 5.75. The van der Waals surface area contributed by atoms with Gasteiger partial charge in [-0.1, -0.05) is 48.8 Å². The molecule has 136 valence electrons. The summed E-state index contributed by atoms with van der Waals surface area (Å²) >= 11 is 12.0. The molecule has 1 N–H and O–H groups in total. The molecule has 6 heteroatoms. The summed E-state index contributed by atoms with van der Waals surface area (Å²) in [6.07, 6.45) is 2.63. The number of aliphatic hydroxyl groups excluding tert-OH is 1. The average molecular weight is 384 g/mol. The Morgan fingerprint density at radius 1 is 1.40 bits per heavy atom. The maximum Gasteiger partial charge on any atom is 0.308 e. The number of allylic oxidation sites excluding steroid dienone is 2. The van der Waals surface area contributed by atoms with E-state index in [-0.39, 0.29) is 5.97 Å². The molecule has 0 aliphatic rings. The summed E-state index contributed by atoms with van der Waals surface area (Å²) in [6.45, 7) is 5.77. The van der Waals surface area contributed by atoms with Crippen molar-refractivity contribution in [2.24, 2.45) is 16.8 Å². The number of methoxy groups -OCH3 is 1. The topological polar surface area (TPSA) is 58.9 Å². The molecule has 0 saturated carbocycles. The van der Waals surface area contributed by atoms with Gasteiger partial charge >= 0.3 is 5.97 Å². The maximum atomic E-state index is 11.8. The van der Waals surface area contributed by atoms with Gasteiger partial charge in [0.2, 0.25) is 0 Å². The Bertz CT molecular complexity index is 653. The number of halogens is 2. The number of nitrogens with zero attached hydrogens (tertiary/aromatic N) is 1. The number of benzene rings is 1. The molecular weight excluding hydrogens is 361 g/mol. The number of hydrogen-bond donors (Lipinski definition) is 1. The van der Waals surface area contributed by atoms with Gasteiger partial charge in [0, 0.05) is 24.2 Å². The third-order valence-corrected chi connectivity index (χ3v) is 4.31. The highest BCUT2D eigenvalue weighted by Crippen LogP contribution is 2.34. The molecule has 1 aromatic carbocycles. The minimum atomic E-state index is -0.865. The molecule has 25 heavy (non-hydrogen) atoms. The lowest BCUT2D eigenvalue weighted by atomic mass is 9.82. The molecule has 0 radical (unpaired) electrons. The first-order valence-electron chi connectivity index (χ1n) is 7.79. The summed E-state index contributed by atoms with van der Waals surface area (Å²) in [4.78, 5) is 15.6. The van der Waals surface area contributed by atoms with Crippen molar-refractivity contribution in [1.82, 2.24) is 0 Å². The maximum absolute atomic E-state index is 11.8. The van der Waals surface area contributed by atoms with E-state index < -0.39 is 17.9 Å². The van der Waals surface area contributed by atoms with Crippen LogP contribution in [0.2, 0.25) is 5.02 Å². The fraction of sp³-hybridized carbons (Fsp3) is 0.368. The lowest BCUT2D eigenvalue weighted by molar-refractivity contribution is -0.145. The fourth-order valence-electron chi connectivity index (χ4n) is 2.50. The van der Waals surface area contributed by atoms with Crippen LogP contribution >= 0.6 is 23.2 Å². The zero-order valence-corrected chi connectivity index (χ0v) is 16.1. The summed E-state index contributed by atoms with van der Waals surface area (Å²) in [6, 6.07) is 6.90. The molecule has 0 saturated heterocycles. The van der Waals surface area contributed by atoms with Crippen molar-refractivity contribution in [3.63, 3.8) is 0 Å². The van der Waals surface area contributed by atoms with E-state index in [0.29, 0.717) is 27.6 Å². The number of hydrogen-bond acceptors (Lipinski definition) is 4. The predicted molar refractivity (Wildman–Crippen MR) is 103 cm³/mol. The molecule has 0 heterocycles. The minimum Gasteiger partial charge on any atom is -0.469 e. The highest BCUT2D eigenvalue weighted by Gasteiger charge is 2.28. The molecule has 0 aliphatic carbocycles. The molecule has 1 rings (SSSR count). The van der Waals surface area contributed by atoms with Gasteiger partial charge in [0.05, 0.1) is 24.2 Å². The second-order valence-corrected chi connectivity index (χ2v) is 6.63. The van der Waals surface area contributed by atoms with E-state index in [9.17, 15) is 9.90 Å². The van der Waals surface area contributed by atoms with Gasteiger partial charge in [0.1, 0.15) is 0 Å². The number of esters is 1. The predicted octanol–water partition coefficient (Wildman–Crippen LogP) is 4.57. The molecule has 1 aromatic rings. The van der Waals surface area contributed by atoms with Crippen LogP contribution in [0, 0.1) is 11.8 Å². The van der Waals surface area contributed by atoms with Crippen LogP contribution in [-0.2, 0) is 9.53 Å². The number of aliphatic imine (C=N–C) groups is 1. The largest absolute Gasteiger partial charge is 0.469 e. The van der Waals surface area contributed by atoms with E-state index in [1.807, 2.05) is 0 Å². The Morgan fingerprint density at radius 2 is 2.00 bits per heavy atom. The van der Waals surface area contributed by atoms with Crippen molar-refractivity contribution < 1.29 is 14.6 Å². The zero-order chi connectivity index (χ0) is 19.0. The molecule has 3 atom stereocenters. The highest BCUT2D eigenvalue weighted by atomic mass is 35.5. The van der Waals surface area contributed by atoms with E-state index in [4.69, 9.17) is 27.9 Å². The molecule has 0 amide bonds. The molecular formula is C19H23Cl2NO3. The minimum absolute atomic E-state index is 0.341. The van der Waals surface area contributed by atoms with Gasteiger partial charge in [-0.25, -0.2) is 0 Å². The van der Waals surface area contributed by atoms with Crippen LogP contribution in [0.25, 0.3) is 0 Å². The monoisotopic (exact) mass is 383 g/mol. The Kier molecular flexibility index (Phi) is 8.90. The summed E-state index contributed by atoms with van der Waals surface area (Å²) in [5.41, 5.74) is 1.28. The standard InChI is InChI=1S/C19H23Cl2NO3/c1-12(9-16(21)11-22-3)17(10-13(2)19(24)25-4)18(23)14-5-7-15(20)8-6-14/h5-9,11,13,17-18,23H,1,10H2,2-4H3/b16-9+,22-11?/t13?,17-,18+/m0/s1. The van der Waals surface area contributed by atoms with Gasteiger partial charge in [-0.15, -0.1) is 0 Å². The first-order valence-corrected chi connectivity index (χ1v) is 8.55. The van der Waals surface area contributed by atoms with Crippen molar-refractivity contribution in [3.05, 3.63) is 58.1 Å². The molecule has 0 spiro atoms. The summed E-state index contributed by atoms with van der Waals surface area (Å²) < 4.78 is 4.78. The fourth-order valence-corrected chi connectivity index (χ4v) is 2.86. The molecule has 1 unspecified atom stereocenters. The summed E-state index contributed by atoms with van der Waals surface area (Å²) in [7, 11) is 2.95. The number of carbonyl (C=O) groups is 1. The lowest BCUT2D eigenvalue weighted by Gasteiger charge is -2.26. The highest BCUT2D eigenvalue weighted by molar-refractivity contribution is 6.39. The number of ether oxygens (including phenoxy) is 1. The van der Waals surface area contributed by atoms with Gasteiger partial charge in [0.15, 0.2) is 0 Å². The first-order chi connectivity index (χ1) is 11.8. The molecule has 4 nitrogen and oxygen atoms in total. The van der Waals surface area contributed by atoms with Gasteiger partial charge in [-0.05, 0) is 35.8 Å². The third kappa shape index (κ3) is 6.65. The van der Waals surface area contributed by atoms with Gasteiger partial charge in [-0.2, -0.15) is 0 Å². The van der Waals surface area contributed by atoms with Crippen molar-refractivity contribution in [2.75, 3.05) is 14.2 Å². The number of aliphatic hydroxyl groups is 1. The Balaban J connectivity index is 3.12. The third-order valence-electron chi connectivity index (χ3n) is 3.86. The van der Waals surface area contributed by atoms with Crippen LogP contribution in [0.5, 0.6) is 0 Å². The molecule has 0 aliphatic heterocycles. The Hall–Kier alpha value is -1.62. The van der Waals surface area contributed by atoms with Gasteiger partial charge in [0.25, 0.3) is 0 Å². The molecule has 0 fully saturated rings. The van der Waals surface area contributed by atoms with Crippen LogP contribution in [0.3, 0.4) is 0 Å². The van der Waals surface area contributed by atoms with E-state index in [0.717, 1.165) is 0 Å². The SMILES string of the molecule is C=C(/C=C(/Cl)C=NC)[C@H](CC(C)C(=O)OC)[C@H](O)c1ccc(Cl)cc1. The Morgan fingerprint density at radius 3 is 2.52 bits per heavy atom. The van der Waals surface area contributed by atoms with Crippen molar-refractivity contribution in [1.29, 1.82) is 0 Å². The van der Waals surface area contributed by atoms with Gasteiger partial charge < -0.3 is 9.84 Å². The van der Waals surface area contributed by atoms with Crippen LogP contribution in [0.1, 0.15) is 25.0 Å². The first kappa shape index (κ1) is 21.4. The lowest BCUT2D eigenvalue weighted by Crippen LogP contribution is -2.22. The normalized spacial score (nSPS) is 15.7. The molecule has 0 bridgehead atoms. The average Bonchev–Trinajstić information content (AvgIpc) is 2.58. The van der Waals surface area contributed by atoms with E-state index in [1.54, 1.807) is 44.3 Å². The van der Waals surface area contributed by atoms with Crippen molar-refractivity contribution in [3.8, 4) is 0 Å². The van der Waals surface area contributed by atoms with Gasteiger partial charge in [-0.3, -0.25) is 9.79 Å². The van der Waals surface area contributed by atoms with Crippen LogP contribution in [-0.4, -0.2) is 31.4 Å². The van der Waals surface area contributed by atoms with E-state index in [2.05, 4.69) is 11.6 Å². The number of rotatable bonds is 8. The van der Waals surface area contributed by atoms with Crippen molar-refractivity contribution >= 4 is 35.4 Å². The smallest absolute Gasteiger partial charge is 0.308 e. The zero-order valence-electron chi connectivity index (χ0n) is 14.6. The van der Waals surface area contributed by atoms with Crippen LogP contribution < -0.4 is 0 Å². The summed E-state index contributed by atoms with van der Waals surface area (Å²) in [5.74, 6) is -1.17. The number of carbonyl (C=O) groups excluding carboxylic acids is 1. The van der Waals surface area contributed by atoms with Crippen LogP contribution in [0.15, 0.2) is 52.5 Å². The van der Waals surface area contributed by atoms with Crippen molar-refractivity contribution in [2.45, 2.75) is 19.4 Å². The van der Waals surface area contributed by atoms with E-state index in [1.165, 1.54) is 13.3 Å². The van der Waals surface area contributed by atoms with E-state index >= 15 is 0 Å².